The van der Waals surface area contributed by atoms with Crippen LogP contribution in [0.4, 0.5) is 0 Å². The summed E-state index contributed by atoms with van der Waals surface area (Å²) in [6, 6.07) is -4.85. The van der Waals surface area contributed by atoms with Gasteiger partial charge in [0.1, 0.15) is 116 Å². The highest BCUT2D eigenvalue weighted by Crippen LogP contribution is 2.35. The maximum absolute atomic E-state index is 12.5. The monoisotopic (exact) mass is 953 g/mol. The second-order valence-electron chi connectivity index (χ2n) is 15.9. The molecule has 0 bridgehead atoms. The lowest BCUT2D eigenvalue weighted by Crippen LogP contribution is -2.70. The van der Waals surface area contributed by atoms with Crippen molar-refractivity contribution in [1.82, 2.24) is 16.0 Å². The summed E-state index contributed by atoms with van der Waals surface area (Å²) >= 11 is 0. The second kappa shape index (κ2) is 24.7. The van der Waals surface area contributed by atoms with Gasteiger partial charge in [0.05, 0.1) is 45.7 Å². The SMILES string of the molecule is CC(=O)N[C@H]1[C@H](O[C@H]2[C@@H](O)[C@@H](CO)O[C@@H](O[C@@H]([C@@H](O)[C@H](O)CO)[C@H](CO)NC(C)=O)[C@@H]2O)O[C@H](CO)[C@@H](O[C@@H]2O[C@H](CO)[C@H](O)[C@@H](O[C@@H]3O[C@H](CO)[C@@H](O)[C@H](O)[C@H]3NC(C)=O)[C@H]2O)[C@@H]1O. The van der Waals surface area contributed by atoms with E-state index in [4.69, 9.17) is 37.9 Å². The average Bonchev–Trinajstić information content (AvgIpc) is 3.26. The van der Waals surface area contributed by atoms with Crippen LogP contribution in [0.25, 0.3) is 0 Å². The number of ether oxygens (including phenoxy) is 8. The Bertz CT molecular complexity index is 1510. The van der Waals surface area contributed by atoms with E-state index in [1.54, 1.807) is 0 Å². The summed E-state index contributed by atoms with van der Waals surface area (Å²) < 4.78 is 45.8. The molecule has 24 atom stereocenters. The molecule has 65 heavy (non-hydrogen) atoms. The van der Waals surface area contributed by atoms with E-state index >= 15 is 0 Å². The minimum absolute atomic E-state index is 0.735. The summed E-state index contributed by atoms with van der Waals surface area (Å²) in [4.78, 5) is 36.4. The van der Waals surface area contributed by atoms with Crippen molar-refractivity contribution in [3.8, 4) is 0 Å². The van der Waals surface area contributed by atoms with Crippen molar-refractivity contribution < 1.29 is 129 Å². The molecule has 4 aliphatic rings. The van der Waals surface area contributed by atoms with Crippen molar-refractivity contribution in [2.45, 2.75) is 168 Å². The maximum atomic E-state index is 12.5. The van der Waals surface area contributed by atoms with Crippen LogP contribution in [0.15, 0.2) is 0 Å². The Morgan fingerprint density at radius 1 is 0.492 bits per heavy atom. The van der Waals surface area contributed by atoms with Gasteiger partial charge in [-0.3, -0.25) is 14.4 Å². The Balaban J connectivity index is 1.61. The summed E-state index contributed by atoms with van der Waals surface area (Å²) in [7, 11) is 0. The molecule has 4 aliphatic heterocycles. The van der Waals surface area contributed by atoms with Gasteiger partial charge in [0, 0.05) is 20.8 Å². The van der Waals surface area contributed by atoms with Crippen molar-refractivity contribution in [2.24, 2.45) is 0 Å². The van der Waals surface area contributed by atoms with E-state index in [1.165, 1.54) is 0 Å². The van der Waals surface area contributed by atoms with E-state index in [0.717, 1.165) is 20.8 Å². The van der Waals surface area contributed by atoms with Crippen LogP contribution in [0.3, 0.4) is 0 Å². The van der Waals surface area contributed by atoms with Gasteiger partial charge in [0.15, 0.2) is 25.2 Å². The van der Waals surface area contributed by atoms with Crippen LogP contribution >= 0.6 is 0 Å². The quantitative estimate of drug-likeness (QED) is 0.0539. The summed E-state index contributed by atoms with van der Waals surface area (Å²) in [6.07, 6.45) is -39.7. The zero-order chi connectivity index (χ0) is 48.6. The molecule has 4 saturated heterocycles. The largest absolute Gasteiger partial charge is 0.394 e. The number of hydrogen-bond acceptors (Lipinski definition) is 26. The van der Waals surface area contributed by atoms with Crippen LogP contribution in [0, 0.1) is 0 Å². The van der Waals surface area contributed by atoms with Gasteiger partial charge in [0.2, 0.25) is 17.7 Å². The molecular formula is C36H63N3O26. The van der Waals surface area contributed by atoms with Gasteiger partial charge in [-0.05, 0) is 0 Å². The fourth-order valence-corrected chi connectivity index (χ4v) is 7.83. The van der Waals surface area contributed by atoms with Crippen molar-refractivity contribution in [2.75, 3.05) is 39.6 Å². The number of carbonyl (C=O) groups is 3. The third-order valence-electron chi connectivity index (χ3n) is 11.2. The van der Waals surface area contributed by atoms with Gasteiger partial charge in [0.25, 0.3) is 0 Å². The Labute approximate surface area is 369 Å². The molecule has 18 N–H and O–H groups in total. The van der Waals surface area contributed by atoms with Gasteiger partial charge < -0.3 is 130 Å². The van der Waals surface area contributed by atoms with E-state index in [1.807, 2.05) is 0 Å². The lowest BCUT2D eigenvalue weighted by molar-refractivity contribution is -0.379. The minimum atomic E-state index is -2.18. The number of hydrogen-bond donors (Lipinski definition) is 18. The van der Waals surface area contributed by atoms with Crippen LogP contribution in [-0.4, -0.2) is 281 Å². The van der Waals surface area contributed by atoms with E-state index in [9.17, 15) is 91.0 Å². The molecule has 0 aliphatic carbocycles. The number of carbonyl (C=O) groups excluding carboxylic acids is 3. The summed E-state index contributed by atoms with van der Waals surface area (Å²) in [5.74, 6) is -2.33. The highest BCUT2D eigenvalue weighted by molar-refractivity contribution is 5.74. The van der Waals surface area contributed by atoms with E-state index in [-0.39, 0.29) is 0 Å². The van der Waals surface area contributed by atoms with Crippen molar-refractivity contribution >= 4 is 17.7 Å². The molecule has 4 rings (SSSR count). The molecule has 0 saturated carbocycles. The molecule has 378 valence electrons. The second-order valence-corrected chi connectivity index (χ2v) is 15.9. The molecule has 4 fully saturated rings. The topological polar surface area (TPSA) is 465 Å². The number of amides is 3. The minimum Gasteiger partial charge on any atom is -0.394 e. The maximum Gasteiger partial charge on any atom is 0.217 e. The van der Waals surface area contributed by atoms with Crippen molar-refractivity contribution in [3.63, 3.8) is 0 Å². The Morgan fingerprint density at radius 3 is 1.35 bits per heavy atom. The van der Waals surface area contributed by atoms with Crippen molar-refractivity contribution in [1.29, 1.82) is 0 Å². The Morgan fingerprint density at radius 2 is 0.908 bits per heavy atom. The highest BCUT2D eigenvalue weighted by Gasteiger charge is 2.56. The van der Waals surface area contributed by atoms with Gasteiger partial charge in [-0.15, -0.1) is 0 Å². The predicted molar refractivity (Wildman–Crippen MR) is 204 cm³/mol. The molecule has 29 nitrogen and oxygen atoms in total. The molecule has 4 heterocycles. The number of aliphatic hydroxyl groups is 15. The first-order valence-corrected chi connectivity index (χ1v) is 20.5. The van der Waals surface area contributed by atoms with Crippen LogP contribution in [-0.2, 0) is 52.3 Å². The number of aliphatic hydroxyl groups excluding tert-OH is 15. The molecule has 0 aromatic heterocycles. The zero-order valence-corrected chi connectivity index (χ0v) is 35.3. The standard InChI is InChI=1S/C36H63N3O26/c1-10(46)37-13(4-40)29(21(50)14(49)5-41)62-35-27(56)31(23(52)16(7-43)59-35)65-34-20(39-12(3)48)26(55)30(18(9-45)61-34)63-36-28(57)32(24(53)17(8-44)60-36)64-33-19(38-11(2)47)25(54)22(51)15(6-42)58-33/h13-36,40-45,49-57H,4-9H2,1-3H3,(H,37,46)(H,38,47)(H,39,48)/t13-,14+,15+,16+,17+,18+,19+,20+,21-,22+,23-,24-,25+,26+,27+,28+,29+,30+,31-,32+,33-,34-,35-,36-/m0/s1. The van der Waals surface area contributed by atoms with Crippen LogP contribution in [0.5, 0.6) is 0 Å². The highest BCUT2D eigenvalue weighted by atomic mass is 16.8. The van der Waals surface area contributed by atoms with Crippen LogP contribution in [0.1, 0.15) is 20.8 Å². The fourth-order valence-electron chi connectivity index (χ4n) is 7.83. The molecule has 0 aromatic carbocycles. The molecule has 29 heteroatoms. The van der Waals surface area contributed by atoms with E-state index in [0.29, 0.717) is 0 Å². The predicted octanol–water partition coefficient (Wildman–Crippen LogP) is -11.9. The Hall–Kier alpha value is -2.51. The number of nitrogens with one attached hydrogen (secondary N) is 3. The normalized spacial score (nSPS) is 42.0. The lowest BCUT2D eigenvalue weighted by atomic mass is 9.94. The van der Waals surface area contributed by atoms with Crippen LogP contribution in [0.2, 0.25) is 0 Å². The van der Waals surface area contributed by atoms with Crippen molar-refractivity contribution in [3.05, 3.63) is 0 Å². The van der Waals surface area contributed by atoms with Crippen LogP contribution < -0.4 is 16.0 Å². The third-order valence-corrected chi connectivity index (χ3v) is 11.2. The summed E-state index contributed by atoms with van der Waals surface area (Å²) in [6.45, 7) is -2.71. The van der Waals surface area contributed by atoms with Gasteiger partial charge in [-0.25, -0.2) is 0 Å². The molecule has 0 spiro atoms. The van der Waals surface area contributed by atoms with Gasteiger partial charge in [-0.1, -0.05) is 0 Å². The molecule has 3 amide bonds. The average molecular weight is 954 g/mol. The third kappa shape index (κ3) is 13.0. The molecule has 0 unspecified atom stereocenters. The Kier molecular flexibility index (Phi) is 20.9. The fraction of sp³-hybridized carbons (Fsp3) is 0.917. The smallest absolute Gasteiger partial charge is 0.217 e. The first-order valence-electron chi connectivity index (χ1n) is 20.5. The number of rotatable bonds is 20. The molecule has 0 radical (unpaired) electrons. The van der Waals surface area contributed by atoms with E-state index in [2.05, 4.69) is 16.0 Å². The zero-order valence-electron chi connectivity index (χ0n) is 35.3. The van der Waals surface area contributed by atoms with Gasteiger partial charge in [-0.2, -0.15) is 0 Å². The first kappa shape index (κ1) is 55.1. The summed E-state index contributed by atoms with van der Waals surface area (Å²) in [5, 5.41) is 166. The van der Waals surface area contributed by atoms with Gasteiger partial charge >= 0.3 is 0 Å². The molecular weight excluding hydrogens is 890 g/mol. The lowest BCUT2D eigenvalue weighted by Gasteiger charge is -2.50. The first-order chi connectivity index (χ1) is 30.7. The summed E-state index contributed by atoms with van der Waals surface area (Å²) in [5.41, 5.74) is 0. The van der Waals surface area contributed by atoms with E-state index < -0.39 is 204 Å². The molecule has 0 aromatic rings.